The summed E-state index contributed by atoms with van der Waals surface area (Å²) in [5.41, 5.74) is 1.26. The zero-order chi connectivity index (χ0) is 14.7. The van der Waals surface area contributed by atoms with E-state index in [1.54, 1.807) is 18.4 Å². The second-order valence-electron chi connectivity index (χ2n) is 5.06. The zero-order valence-electron chi connectivity index (χ0n) is 12.5. The van der Waals surface area contributed by atoms with E-state index in [0.29, 0.717) is 13.2 Å². The minimum absolute atomic E-state index is 0.625. The van der Waals surface area contributed by atoms with Gasteiger partial charge in [0.2, 0.25) is 0 Å². The first-order valence-electron chi connectivity index (χ1n) is 7.37. The van der Waals surface area contributed by atoms with Crippen LogP contribution in [0.15, 0.2) is 12.1 Å². The fourth-order valence-corrected chi connectivity index (χ4v) is 3.73. The highest BCUT2D eigenvalue weighted by Gasteiger charge is 2.17. The van der Waals surface area contributed by atoms with Gasteiger partial charge in [-0.1, -0.05) is 6.92 Å². The number of ether oxygens (including phenoxy) is 3. The van der Waals surface area contributed by atoms with Gasteiger partial charge in [0.05, 0.1) is 19.8 Å². The highest BCUT2D eigenvalue weighted by molar-refractivity contribution is 7.19. The molecule has 0 fully saturated rings. The van der Waals surface area contributed by atoms with Crippen molar-refractivity contribution < 1.29 is 14.2 Å². The molecule has 3 rings (SSSR count). The van der Waals surface area contributed by atoms with E-state index in [1.807, 2.05) is 0 Å². The second kappa shape index (κ2) is 6.64. The maximum absolute atomic E-state index is 5.80. The van der Waals surface area contributed by atoms with Crippen molar-refractivity contribution in [3.63, 3.8) is 0 Å². The van der Waals surface area contributed by atoms with Crippen LogP contribution >= 0.6 is 11.3 Å². The van der Waals surface area contributed by atoms with Gasteiger partial charge in [0.1, 0.15) is 0 Å². The van der Waals surface area contributed by atoms with Crippen LogP contribution in [-0.4, -0.2) is 26.9 Å². The molecule has 0 radical (unpaired) electrons. The van der Waals surface area contributed by atoms with Crippen LogP contribution in [0.25, 0.3) is 10.1 Å². The third-order valence-corrected chi connectivity index (χ3v) is 4.76. The minimum Gasteiger partial charge on any atom is -0.490 e. The van der Waals surface area contributed by atoms with E-state index in [1.165, 1.54) is 20.5 Å². The van der Waals surface area contributed by atoms with Gasteiger partial charge >= 0.3 is 0 Å². The monoisotopic (exact) mass is 307 g/mol. The fourth-order valence-electron chi connectivity index (χ4n) is 2.54. The molecule has 1 aliphatic heterocycles. The van der Waals surface area contributed by atoms with Crippen LogP contribution in [0.1, 0.15) is 23.8 Å². The summed E-state index contributed by atoms with van der Waals surface area (Å²) >= 11 is 1.81. The largest absolute Gasteiger partial charge is 0.490 e. The second-order valence-corrected chi connectivity index (χ2v) is 6.20. The molecule has 0 spiro atoms. The molecule has 1 aromatic heterocycles. The van der Waals surface area contributed by atoms with E-state index in [2.05, 4.69) is 24.4 Å². The third kappa shape index (κ3) is 3.00. The molecule has 2 heterocycles. The number of hydrogen-bond donors (Lipinski definition) is 1. The predicted molar refractivity (Wildman–Crippen MR) is 85.5 cm³/mol. The Morgan fingerprint density at radius 3 is 2.71 bits per heavy atom. The summed E-state index contributed by atoms with van der Waals surface area (Å²) in [4.78, 5) is 1.33. The Morgan fingerprint density at radius 1 is 1.24 bits per heavy atom. The molecule has 4 nitrogen and oxygen atoms in total. The lowest BCUT2D eigenvalue weighted by molar-refractivity contribution is 0.185. The van der Waals surface area contributed by atoms with Gasteiger partial charge in [0.15, 0.2) is 11.5 Å². The average molecular weight is 307 g/mol. The molecule has 114 valence electrons. The molecule has 1 N–H and O–H groups in total. The Labute approximate surface area is 129 Å². The highest BCUT2D eigenvalue weighted by Crippen LogP contribution is 2.40. The van der Waals surface area contributed by atoms with Gasteiger partial charge in [-0.25, -0.2) is 0 Å². The summed E-state index contributed by atoms with van der Waals surface area (Å²) in [5.74, 6) is 1.71. The van der Waals surface area contributed by atoms with Crippen molar-refractivity contribution in [2.75, 3.05) is 26.9 Å². The summed E-state index contributed by atoms with van der Waals surface area (Å²) < 4.78 is 18.2. The first-order valence-corrected chi connectivity index (χ1v) is 8.18. The van der Waals surface area contributed by atoms with Crippen molar-refractivity contribution >= 4 is 21.4 Å². The van der Waals surface area contributed by atoms with Gasteiger partial charge in [-0.2, -0.15) is 0 Å². The molecule has 0 atom stereocenters. The summed E-state index contributed by atoms with van der Waals surface area (Å²) in [5, 5.41) is 4.62. The number of benzene rings is 1. The molecular weight excluding hydrogens is 286 g/mol. The Hall–Kier alpha value is -1.30. The van der Waals surface area contributed by atoms with E-state index in [0.717, 1.165) is 37.6 Å². The molecule has 0 bridgehead atoms. The zero-order valence-corrected chi connectivity index (χ0v) is 13.3. The summed E-state index contributed by atoms with van der Waals surface area (Å²) in [7, 11) is 1.74. The van der Waals surface area contributed by atoms with E-state index in [-0.39, 0.29) is 0 Å². The molecule has 0 saturated carbocycles. The molecule has 21 heavy (non-hydrogen) atoms. The lowest BCUT2D eigenvalue weighted by atomic mass is 10.1. The normalized spacial score (nSPS) is 14.4. The van der Waals surface area contributed by atoms with Crippen molar-refractivity contribution in [1.82, 2.24) is 5.32 Å². The van der Waals surface area contributed by atoms with Crippen LogP contribution in [0.2, 0.25) is 0 Å². The SMILES string of the molecule is CCNCc1sc2cc3c(cc2c1COC)OCCCO3. The first-order chi connectivity index (χ1) is 10.3. The van der Waals surface area contributed by atoms with Crippen molar-refractivity contribution in [3.05, 3.63) is 22.6 Å². The standard InChI is InChI=1S/C16H21NO3S/c1-3-17-9-16-12(10-18-2)11-7-13-14(8-15(11)21-16)20-6-4-5-19-13/h7-8,17H,3-6,9-10H2,1-2H3. The topological polar surface area (TPSA) is 39.7 Å². The molecule has 2 aromatic rings. The van der Waals surface area contributed by atoms with Crippen molar-refractivity contribution in [2.45, 2.75) is 26.5 Å². The Kier molecular flexibility index (Phi) is 4.63. The summed E-state index contributed by atoms with van der Waals surface area (Å²) in [6.07, 6.45) is 0.929. The van der Waals surface area contributed by atoms with E-state index in [9.17, 15) is 0 Å². The summed E-state index contributed by atoms with van der Waals surface area (Å²) in [6.45, 7) is 6.02. The van der Waals surface area contributed by atoms with Gasteiger partial charge in [0.25, 0.3) is 0 Å². The van der Waals surface area contributed by atoms with Gasteiger partial charge in [-0.3, -0.25) is 0 Å². The van der Waals surface area contributed by atoms with Gasteiger partial charge in [0, 0.05) is 46.7 Å². The molecule has 0 aliphatic carbocycles. The van der Waals surface area contributed by atoms with Crippen LogP contribution < -0.4 is 14.8 Å². The Morgan fingerprint density at radius 2 is 2.00 bits per heavy atom. The maximum Gasteiger partial charge on any atom is 0.162 e. The number of nitrogens with one attached hydrogen (secondary N) is 1. The van der Waals surface area contributed by atoms with Crippen LogP contribution in [0.5, 0.6) is 11.5 Å². The molecule has 5 heteroatoms. The fraction of sp³-hybridized carbons (Fsp3) is 0.500. The summed E-state index contributed by atoms with van der Waals surface area (Å²) in [6, 6.07) is 4.21. The van der Waals surface area contributed by atoms with Gasteiger partial charge in [-0.15, -0.1) is 11.3 Å². The quantitative estimate of drug-likeness (QED) is 0.920. The predicted octanol–water partition coefficient (Wildman–Crippen LogP) is 3.32. The maximum atomic E-state index is 5.80. The van der Waals surface area contributed by atoms with E-state index < -0.39 is 0 Å². The molecule has 1 aromatic carbocycles. The third-order valence-electron chi connectivity index (χ3n) is 3.57. The lowest BCUT2D eigenvalue weighted by Gasteiger charge is -2.08. The van der Waals surface area contributed by atoms with Crippen LogP contribution in [0.4, 0.5) is 0 Å². The van der Waals surface area contributed by atoms with Crippen molar-refractivity contribution in [1.29, 1.82) is 0 Å². The number of thiophene rings is 1. The molecule has 0 amide bonds. The van der Waals surface area contributed by atoms with Crippen LogP contribution in [0, 0.1) is 0 Å². The minimum atomic E-state index is 0.625. The molecule has 0 saturated heterocycles. The molecular formula is C16H21NO3S. The van der Waals surface area contributed by atoms with E-state index in [4.69, 9.17) is 14.2 Å². The molecule has 1 aliphatic rings. The smallest absolute Gasteiger partial charge is 0.162 e. The van der Waals surface area contributed by atoms with E-state index >= 15 is 0 Å². The number of methoxy groups -OCH3 is 1. The Balaban J connectivity index is 2.06. The highest BCUT2D eigenvalue weighted by atomic mass is 32.1. The number of fused-ring (bicyclic) bond motifs is 2. The van der Waals surface area contributed by atoms with Crippen molar-refractivity contribution in [2.24, 2.45) is 0 Å². The average Bonchev–Trinajstić information content (AvgIpc) is 2.67. The first kappa shape index (κ1) is 14.6. The lowest BCUT2D eigenvalue weighted by Crippen LogP contribution is -2.11. The number of rotatable bonds is 5. The number of hydrogen-bond acceptors (Lipinski definition) is 5. The van der Waals surface area contributed by atoms with Gasteiger partial charge in [-0.05, 0) is 12.6 Å². The van der Waals surface area contributed by atoms with Crippen molar-refractivity contribution in [3.8, 4) is 11.5 Å². The van der Waals surface area contributed by atoms with Gasteiger partial charge < -0.3 is 19.5 Å². The van der Waals surface area contributed by atoms with Crippen LogP contribution in [0.3, 0.4) is 0 Å². The van der Waals surface area contributed by atoms with Crippen LogP contribution in [-0.2, 0) is 17.9 Å². The molecule has 0 unspecified atom stereocenters. The Bertz CT molecular complexity index is 623.